The van der Waals surface area contributed by atoms with Crippen LogP contribution in [0.2, 0.25) is 0 Å². The monoisotopic (exact) mass is 358 g/mol. The minimum absolute atomic E-state index is 0.229. The third-order valence-corrected chi connectivity index (χ3v) is 6.67. The van der Waals surface area contributed by atoms with Crippen molar-refractivity contribution in [2.45, 2.75) is 19.8 Å². The number of rotatable bonds is 6. The molecule has 0 radical (unpaired) electrons. The van der Waals surface area contributed by atoms with Gasteiger partial charge in [-0.05, 0) is 43.0 Å². The van der Waals surface area contributed by atoms with Gasteiger partial charge in [0.25, 0.3) is 0 Å². The molecule has 0 saturated carbocycles. The Kier molecular flexibility index (Phi) is 5.76. The fourth-order valence-corrected chi connectivity index (χ4v) is 4.77. The molecule has 1 aliphatic rings. The standard InChI is InChI=1S/C20H26N2O2S/c1-18-7-5-11-20(17-18)21-12-14-22(15-13-21)25(23,24)16-6-10-19-8-3-2-4-9-19/h2-5,7-9,11,17H,6,10,12-16H2,1H3. The van der Waals surface area contributed by atoms with E-state index in [1.54, 1.807) is 4.31 Å². The highest BCUT2D eigenvalue weighted by Gasteiger charge is 2.26. The Morgan fingerprint density at radius 1 is 0.920 bits per heavy atom. The summed E-state index contributed by atoms with van der Waals surface area (Å²) in [6, 6.07) is 18.5. The van der Waals surface area contributed by atoms with Crippen molar-refractivity contribution in [3.63, 3.8) is 0 Å². The molecule has 0 bridgehead atoms. The molecule has 3 rings (SSSR count). The fourth-order valence-electron chi connectivity index (χ4n) is 3.28. The molecule has 0 N–H and O–H groups in total. The summed E-state index contributed by atoms with van der Waals surface area (Å²) in [5.41, 5.74) is 3.61. The van der Waals surface area contributed by atoms with Gasteiger partial charge in [-0.2, -0.15) is 4.31 Å². The number of nitrogens with zero attached hydrogens (tertiary/aromatic N) is 2. The van der Waals surface area contributed by atoms with E-state index in [0.717, 1.165) is 19.5 Å². The number of sulfonamides is 1. The molecular formula is C20H26N2O2S. The average molecular weight is 359 g/mol. The van der Waals surface area contributed by atoms with E-state index in [-0.39, 0.29) is 5.75 Å². The van der Waals surface area contributed by atoms with Crippen molar-refractivity contribution in [1.82, 2.24) is 4.31 Å². The number of benzene rings is 2. The fraction of sp³-hybridized carbons (Fsp3) is 0.400. The van der Waals surface area contributed by atoms with Crippen LogP contribution in [0.25, 0.3) is 0 Å². The van der Waals surface area contributed by atoms with Crippen molar-refractivity contribution in [3.8, 4) is 0 Å². The molecule has 0 unspecified atom stereocenters. The predicted molar refractivity (Wildman–Crippen MR) is 104 cm³/mol. The van der Waals surface area contributed by atoms with Crippen LogP contribution in [-0.2, 0) is 16.4 Å². The van der Waals surface area contributed by atoms with Crippen molar-refractivity contribution < 1.29 is 8.42 Å². The zero-order valence-electron chi connectivity index (χ0n) is 14.8. The van der Waals surface area contributed by atoms with E-state index in [9.17, 15) is 8.42 Å². The van der Waals surface area contributed by atoms with Crippen LogP contribution in [0.1, 0.15) is 17.5 Å². The predicted octanol–water partition coefficient (Wildman–Crippen LogP) is 3.08. The van der Waals surface area contributed by atoms with Crippen molar-refractivity contribution in [2.24, 2.45) is 0 Å². The maximum Gasteiger partial charge on any atom is 0.214 e. The molecule has 2 aromatic rings. The van der Waals surface area contributed by atoms with Crippen molar-refractivity contribution in [2.75, 3.05) is 36.8 Å². The number of hydrogen-bond acceptors (Lipinski definition) is 3. The molecule has 0 aromatic heterocycles. The van der Waals surface area contributed by atoms with Gasteiger partial charge in [-0.3, -0.25) is 0 Å². The zero-order valence-corrected chi connectivity index (χ0v) is 15.6. The molecule has 1 heterocycles. The summed E-state index contributed by atoms with van der Waals surface area (Å²) in [4.78, 5) is 2.27. The summed E-state index contributed by atoms with van der Waals surface area (Å²) in [5, 5.41) is 0. The number of hydrogen-bond donors (Lipinski definition) is 0. The van der Waals surface area contributed by atoms with E-state index in [0.29, 0.717) is 19.5 Å². The summed E-state index contributed by atoms with van der Waals surface area (Å²) < 4.78 is 26.8. The van der Waals surface area contributed by atoms with Gasteiger partial charge in [0.05, 0.1) is 5.75 Å². The lowest BCUT2D eigenvalue weighted by molar-refractivity contribution is 0.384. The van der Waals surface area contributed by atoms with Crippen LogP contribution in [0.3, 0.4) is 0 Å². The summed E-state index contributed by atoms with van der Waals surface area (Å²) >= 11 is 0. The lowest BCUT2D eigenvalue weighted by atomic mass is 10.1. The van der Waals surface area contributed by atoms with Gasteiger partial charge >= 0.3 is 0 Å². The molecular weight excluding hydrogens is 332 g/mol. The van der Waals surface area contributed by atoms with Crippen molar-refractivity contribution in [1.29, 1.82) is 0 Å². The van der Waals surface area contributed by atoms with Gasteiger partial charge in [-0.15, -0.1) is 0 Å². The van der Waals surface area contributed by atoms with E-state index in [1.807, 2.05) is 30.3 Å². The van der Waals surface area contributed by atoms with Crippen molar-refractivity contribution in [3.05, 3.63) is 65.7 Å². The first kappa shape index (κ1) is 18.0. The van der Waals surface area contributed by atoms with Gasteiger partial charge < -0.3 is 4.90 Å². The second-order valence-electron chi connectivity index (χ2n) is 6.63. The van der Waals surface area contributed by atoms with Gasteiger partial charge in [0.1, 0.15) is 0 Å². The summed E-state index contributed by atoms with van der Waals surface area (Å²) in [5.74, 6) is 0.229. The van der Waals surface area contributed by atoms with Crippen LogP contribution in [0.5, 0.6) is 0 Å². The van der Waals surface area contributed by atoms with E-state index in [1.165, 1.54) is 16.8 Å². The van der Waals surface area contributed by atoms with Gasteiger partial charge in [0.2, 0.25) is 10.0 Å². The SMILES string of the molecule is Cc1cccc(N2CCN(S(=O)(=O)CCCc3ccccc3)CC2)c1. The highest BCUT2D eigenvalue weighted by atomic mass is 32.2. The van der Waals surface area contributed by atoms with E-state index in [4.69, 9.17) is 0 Å². The first-order valence-electron chi connectivity index (χ1n) is 8.88. The minimum Gasteiger partial charge on any atom is -0.369 e. The summed E-state index contributed by atoms with van der Waals surface area (Å²) in [6.07, 6.45) is 1.48. The highest BCUT2D eigenvalue weighted by molar-refractivity contribution is 7.89. The van der Waals surface area contributed by atoms with Crippen molar-refractivity contribution >= 4 is 15.7 Å². The van der Waals surface area contributed by atoms with E-state index < -0.39 is 10.0 Å². The first-order chi connectivity index (χ1) is 12.0. The van der Waals surface area contributed by atoms with Crippen LogP contribution in [-0.4, -0.2) is 44.7 Å². The number of aryl methyl sites for hydroxylation is 2. The molecule has 1 saturated heterocycles. The Morgan fingerprint density at radius 2 is 1.64 bits per heavy atom. The van der Waals surface area contributed by atoms with E-state index in [2.05, 4.69) is 36.1 Å². The molecule has 4 nitrogen and oxygen atoms in total. The molecule has 134 valence electrons. The molecule has 25 heavy (non-hydrogen) atoms. The molecule has 5 heteroatoms. The second-order valence-corrected chi connectivity index (χ2v) is 8.72. The first-order valence-corrected chi connectivity index (χ1v) is 10.5. The minimum atomic E-state index is -3.16. The quantitative estimate of drug-likeness (QED) is 0.797. The van der Waals surface area contributed by atoms with Gasteiger partial charge in [-0.25, -0.2) is 8.42 Å². The maximum absolute atomic E-state index is 12.6. The highest BCUT2D eigenvalue weighted by Crippen LogP contribution is 2.19. The summed E-state index contributed by atoms with van der Waals surface area (Å²) in [7, 11) is -3.16. The van der Waals surface area contributed by atoms with E-state index >= 15 is 0 Å². The topological polar surface area (TPSA) is 40.6 Å². The normalized spacial score (nSPS) is 16.1. The Balaban J connectivity index is 1.51. The third-order valence-electron chi connectivity index (χ3n) is 4.71. The smallest absolute Gasteiger partial charge is 0.214 e. The third kappa shape index (κ3) is 4.83. The Bertz CT molecular complexity index is 782. The maximum atomic E-state index is 12.6. The lowest BCUT2D eigenvalue weighted by Crippen LogP contribution is -2.49. The Morgan fingerprint density at radius 3 is 2.32 bits per heavy atom. The molecule has 0 aliphatic carbocycles. The van der Waals surface area contributed by atoms with Crippen LogP contribution < -0.4 is 4.90 Å². The number of piperazine rings is 1. The lowest BCUT2D eigenvalue weighted by Gasteiger charge is -2.35. The second kappa shape index (κ2) is 8.02. The van der Waals surface area contributed by atoms with Gasteiger partial charge in [0, 0.05) is 31.9 Å². The van der Waals surface area contributed by atoms with Crippen LogP contribution in [0.4, 0.5) is 5.69 Å². The zero-order chi connectivity index (χ0) is 17.7. The largest absolute Gasteiger partial charge is 0.369 e. The molecule has 0 amide bonds. The van der Waals surface area contributed by atoms with Crippen LogP contribution in [0.15, 0.2) is 54.6 Å². The molecule has 2 aromatic carbocycles. The molecule has 1 aliphatic heterocycles. The molecule has 0 spiro atoms. The summed E-state index contributed by atoms with van der Waals surface area (Å²) in [6.45, 7) is 4.73. The molecule has 1 fully saturated rings. The Labute approximate surface area is 151 Å². The average Bonchev–Trinajstić information content (AvgIpc) is 2.63. The van der Waals surface area contributed by atoms with Crippen LogP contribution in [0, 0.1) is 6.92 Å². The van der Waals surface area contributed by atoms with Crippen LogP contribution >= 0.6 is 0 Å². The van der Waals surface area contributed by atoms with Gasteiger partial charge in [-0.1, -0.05) is 42.5 Å². The molecule has 0 atom stereocenters. The Hall–Kier alpha value is -1.85. The number of anilines is 1. The van der Waals surface area contributed by atoms with Gasteiger partial charge in [0.15, 0.2) is 0 Å².